The van der Waals surface area contributed by atoms with Crippen LogP contribution in [0.1, 0.15) is 20.8 Å². The van der Waals surface area contributed by atoms with Gasteiger partial charge in [-0.25, -0.2) is 15.0 Å². The third-order valence-electron chi connectivity index (χ3n) is 4.08. The molecule has 0 unspecified atom stereocenters. The monoisotopic (exact) mass is 412 g/mol. The molecule has 144 valence electrons. The summed E-state index contributed by atoms with van der Waals surface area (Å²) in [7, 11) is -1.07. The number of thiazole rings is 1. The maximum absolute atomic E-state index is 12.1. The first-order valence-corrected chi connectivity index (χ1v) is 10.9. The van der Waals surface area contributed by atoms with Gasteiger partial charge < -0.3 is 4.74 Å². The molecule has 0 amide bonds. The van der Waals surface area contributed by atoms with E-state index in [0.29, 0.717) is 11.7 Å². The summed E-state index contributed by atoms with van der Waals surface area (Å²) >= 11 is 1.56. The average Bonchev–Trinajstić information content (AvgIpc) is 3.07. The minimum Gasteiger partial charge on any atom is -0.480 e. The molecule has 6 nitrogen and oxygen atoms in total. The molecule has 0 spiro atoms. The van der Waals surface area contributed by atoms with E-state index in [4.69, 9.17) is 4.74 Å². The Morgan fingerprint density at radius 1 is 1.11 bits per heavy atom. The van der Waals surface area contributed by atoms with Crippen molar-refractivity contribution in [1.82, 2.24) is 15.0 Å². The molecule has 0 aliphatic heterocycles. The largest absolute Gasteiger partial charge is 0.480 e. The molecule has 1 atom stereocenters. The van der Waals surface area contributed by atoms with Gasteiger partial charge in [-0.1, -0.05) is 23.5 Å². The maximum atomic E-state index is 12.1. The molecule has 0 saturated carbocycles. The molecule has 2 aromatic heterocycles. The Hall–Kier alpha value is -2.58. The molecule has 2 aromatic carbocycles. The predicted molar refractivity (Wildman–Crippen MR) is 116 cm³/mol. The topological polar surface area (TPSA) is 77.0 Å². The zero-order valence-corrected chi connectivity index (χ0v) is 17.4. The van der Waals surface area contributed by atoms with Crippen molar-refractivity contribution >= 4 is 54.3 Å². The molecular formula is C20H20N4O2S2. The molecule has 0 saturated heterocycles. The van der Waals surface area contributed by atoms with E-state index in [-0.39, 0.29) is 10.7 Å². The molecule has 28 heavy (non-hydrogen) atoms. The van der Waals surface area contributed by atoms with Crippen LogP contribution in [-0.4, -0.2) is 29.8 Å². The molecule has 4 aromatic rings. The normalized spacial score (nSPS) is 13.0. The Morgan fingerprint density at radius 2 is 1.93 bits per heavy atom. The fraction of sp³-hybridized carbons (Fsp3) is 0.250. The van der Waals surface area contributed by atoms with Crippen molar-refractivity contribution in [2.24, 2.45) is 0 Å². The standard InChI is InChI=1S/C20H20N4O2S2/c1-20(2,3)28(25)12-26-14-8-9-15-13(10-14)11-21-18(22-15)24-19-23-16-6-4-5-7-17(16)27-19/h4-11H,12H2,1-3H3,(H,21,22,23,24)/t28-/m0/s1. The minimum atomic E-state index is -1.07. The van der Waals surface area contributed by atoms with E-state index in [1.807, 2.05) is 63.2 Å². The first-order chi connectivity index (χ1) is 13.4. The van der Waals surface area contributed by atoms with Crippen molar-refractivity contribution < 1.29 is 8.95 Å². The summed E-state index contributed by atoms with van der Waals surface area (Å²) in [5, 5.41) is 4.78. The van der Waals surface area contributed by atoms with Crippen LogP contribution in [0.5, 0.6) is 5.75 Å². The Balaban J connectivity index is 1.50. The van der Waals surface area contributed by atoms with Crippen molar-refractivity contribution in [3.05, 3.63) is 48.7 Å². The number of nitrogens with zero attached hydrogens (tertiary/aromatic N) is 3. The van der Waals surface area contributed by atoms with E-state index in [1.54, 1.807) is 17.5 Å². The van der Waals surface area contributed by atoms with Gasteiger partial charge in [0.2, 0.25) is 5.95 Å². The number of hydrogen-bond acceptors (Lipinski definition) is 7. The second-order valence-corrected chi connectivity index (χ2v) is 10.4. The Morgan fingerprint density at radius 3 is 2.71 bits per heavy atom. The number of aromatic nitrogens is 3. The summed E-state index contributed by atoms with van der Waals surface area (Å²) in [6.45, 7) is 5.79. The van der Waals surface area contributed by atoms with Crippen LogP contribution in [0.15, 0.2) is 48.7 Å². The van der Waals surface area contributed by atoms with Crippen LogP contribution >= 0.6 is 11.3 Å². The van der Waals surface area contributed by atoms with Gasteiger partial charge in [0.05, 0.1) is 26.5 Å². The number of ether oxygens (including phenoxy) is 1. The number of benzene rings is 2. The summed E-state index contributed by atoms with van der Waals surface area (Å²) in [6, 6.07) is 13.5. The number of anilines is 2. The summed E-state index contributed by atoms with van der Waals surface area (Å²) in [4.78, 5) is 13.5. The summed E-state index contributed by atoms with van der Waals surface area (Å²) in [6.07, 6.45) is 1.74. The first kappa shape index (κ1) is 18.8. The molecule has 0 bridgehead atoms. The van der Waals surface area contributed by atoms with Crippen LogP contribution in [0.25, 0.3) is 21.1 Å². The van der Waals surface area contributed by atoms with E-state index < -0.39 is 10.8 Å². The molecule has 1 N–H and O–H groups in total. The minimum absolute atomic E-state index is 0.160. The zero-order valence-electron chi connectivity index (χ0n) is 15.8. The quantitative estimate of drug-likeness (QED) is 0.504. The van der Waals surface area contributed by atoms with E-state index in [0.717, 1.165) is 26.3 Å². The van der Waals surface area contributed by atoms with Gasteiger partial charge in [-0.05, 0) is 51.1 Å². The molecule has 0 radical (unpaired) electrons. The van der Waals surface area contributed by atoms with Crippen LogP contribution in [0.3, 0.4) is 0 Å². The summed E-state index contributed by atoms with van der Waals surface area (Å²) in [5.74, 6) is 1.31. The van der Waals surface area contributed by atoms with Crippen molar-refractivity contribution in [3.8, 4) is 5.75 Å². The second-order valence-electron chi connectivity index (χ2n) is 7.25. The molecule has 4 rings (SSSR count). The SMILES string of the molecule is CC(C)(C)[S@@](=O)COc1ccc2nc(Nc3nc4ccccc4s3)ncc2c1. The third-order valence-corrected chi connectivity index (χ3v) is 6.73. The maximum Gasteiger partial charge on any atom is 0.229 e. The lowest BCUT2D eigenvalue weighted by atomic mass is 10.2. The van der Waals surface area contributed by atoms with Gasteiger partial charge in [-0.15, -0.1) is 0 Å². The van der Waals surface area contributed by atoms with Crippen molar-refractivity contribution in [1.29, 1.82) is 0 Å². The van der Waals surface area contributed by atoms with Gasteiger partial charge in [0.15, 0.2) is 11.1 Å². The summed E-state index contributed by atoms with van der Waals surface area (Å²) < 4.78 is 18.6. The molecule has 0 fully saturated rings. The highest BCUT2D eigenvalue weighted by molar-refractivity contribution is 7.86. The molecule has 8 heteroatoms. The second kappa shape index (κ2) is 7.44. The lowest BCUT2D eigenvalue weighted by molar-refractivity contribution is 0.383. The van der Waals surface area contributed by atoms with Crippen LogP contribution in [0, 0.1) is 0 Å². The van der Waals surface area contributed by atoms with Gasteiger partial charge in [-0.2, -0.15) is 0 Å². The molecule has 2 heterocycles. The Bertz CT molecular complexity index is 1130. The fourth-order valence-corrected chi connectivity index (χ4v) is 3.94. The highest BCUT2D eigenvalue weighted by Gasteiger charge is 2.19. The third kappa shape index (κ3) is 4.13. The van der Waals surface area contributed by atoms with Crippen molar-refractivity contribution in [2.45, 2.75) is 25.5 Å². The number of hydrogen-bond donors (Lipinski definition) is 1. The molecular weight excluding hydrogens is 392 g/mol. The van der Waals surface area contributed by atoms with Crippen LogP contribution in [0.4, 0.5) is 11.1 Å². The van der Waals surface area contributed by atoms with Gasteiger partial charge in [0.25, 0.3) is 0 Å². The van der Waals surface area contributed by atoms with Crippen LogP contribution < -0.4 is 10.1 Å². The smallest absolute Gasteiger partial charge is 0.229 e. The number of nitrogens with one attached hydrogen (secondary N) is 1. The Labute approximate surface area is 169 Å². The highest BCUT2D eigenvalue weighted by Crippen LogP contribution is 2.28. The molecule has 0 aliphatic rings. The lowest BCUT2D eigenvalue weighted by Crippen LogP contribution is -2.26. The van der Waals surface area contributed by atoms with E-state index in [9.17, 15) is 4.21 Å². The van der Waals surface area contributed by atoms with Crippen LogP contribution in [0.2, 0.25) is 0 Å². The van der Waals surface area contributed by atoms with Crippen molar-refractivity contribution in [2.75, 3.05) is 11.3 Å². The van der Waals surface area contributed by atoms with E-state index >= 15 is 0 Å². The van der Waals surface area contributed by atoms with Gasteiger partial charge >= 0.3 is 0 Å². The van der Waals surface area contributed by atoms with E-state index in [2.05, 4.69) is 20.3 Å². The van der Waals surface area contributed by atoms with Gasteiger partial charge in [0, 0.05) is 16.3 Å². The Kier molecular flexibility index (Phi) is 4.99. The predicted octanol–water partition coefficient (Wildman–Crippen LogP) is 4.87. The summed E-state index contributed by atoms with van der Waals surface area (Å²) in [5.41, 5.74) is 1.74. The number of fused-ring (bicyclic) bond motifs is 2. The number of para-hydroxylation sites is 1. The number of rotatable bonds is 5. The lowest BCUT2D eigenvalue weighted by Gasteiger charge is -2.17. The van der Waals surface area contributed by atoms with E-state index in [1.165, 1.54) is 0 Å². The highest BCUT2D eigenvalue weighted by atomic mass is 32.2. The average molecular weight is 413 g/mol. The van der Waals surface area contributed by atoms with Gasteiger partial charge in [-0.3, -0.25) is 9.53 Å². The van der Waals surface area contributed by atoms with Crippen LogP contribution in [-0.2, 0) is 10.8 Å². The van der Waals surface area contributed by atoms with Crippen molar-refractivity contribution in [3.63, 3.8) is 0 Å². The van der Waals surface area contributed by atoms with Gasteiger partial charge in [0.1, 0.15) is 5.75 Å². The zero-order chi connectivity index (χ0) is 19.7. The fourth-order valence-electron chi connectivity index (χ4n) is 2.48. The first-order valence-electron chi connectivity index (χ1n) is 8.79. The molecule has 0 aliphatic carbocycles.